The highest BCUT2D eigenvalue weighted by molar-refractivity contribution is 5.58. The van der Waals surface area contributed by atoms with Crippen LogP contribution in [-0.4, -0.2) is 39.6 Å². The van der Waals surface area contributed by atoms with Crippen LogP contribution in [0.15, 0.2) is 61.1 Å². The highest BCUT2D eigenvalue weighted by atomic mass is 16.5. The lowest BCUT2D eigenvalue weighted by molar-refractivity contribution is -0.0156. The molecule has 1 saturated heterocycles. The van der Waals surface area contributed by atoms with Crippen molar-refractivity contribution in [1.82, 2.24) is 19.9 Å². The van der Waals surface area contributed by atoms with Crippen LogP contribution >= 0.6 is 0 Å². The number of imidazole rings is 1. The maximum absolute atomic E-state index is 5.71. The molecular formula is C19H20N4O. The summed E-state index contributed by atoms with van der Waals surface area (Å²) in [5.74, 6) is 0.961. The van der Waals surface area contributed by atoms with Gasteiger partial charge in [0.1, 0.15) is 5.82 Å². The molecule has 3 aromatic rings. The molecular weight excluding hydrogens is 300 g/mol. The Morgan fingerprint density at radius 3 is 2.79 bits per heavy atom. The summed E-state index contributed by atoms with van der Waals surface area (Å²) >= 11 is 0. The fourth-order valence-electron chi connectivity index (χ4n) is 3.07. The minimum atomic E-state index is 0.143. The van der Waals surface area contributed by atoms with E-state index in [1.165, 1.54) is 5.56 Å². The van der Waals surface area contributed by atoms with Crippen LogP contribution in [0.5, 0.6) is 0 Å². The molecule has 2 aromatic heterocycles. The maximum atomic E-state index is 5.71. The van der Waals surface area contributed by atoms with E-state index in [1.807, 2.05) is 36.8 Å². The first kappa shape index (κ1) is 15.1. The molecule has 5 nitrogen and oxygen atoms in total. The number of pyridine rings is 1. The average Bonchev–Trinajstić information content (AvgIpc) is 3.14. The Labute approximate surface area is 141 Å². The molecule has 1 N–H and O–H groups in total. The van der Waals surface area contributed by atoms with Crippen molar-refractivity contribution in [2.75, 3.05) is 19.8 Å². The summed E-state index contributed by atoms with van der Waals surface area (Å²) < 4.78 is 5.71. The maximum Gasteiger partial charge on any atom is 0.126 e. The number of aromatic amines is 1. The van der Waals surface area contributed by atoms with Gasteiger partial charge in [0.15, 0.2) is 0 Å². The second-order valence-electron chi connectivity index (χ2n) is 5.96. The molecule has 4 rings (SSSR count). The fraction of sp³-hybridized carbons (Fsp3) is 0.263. The number of benzene rings is 1. The average molecular weight is 320 g/mol. The van der Waals surface area contributed by atoms with Gasteiger partial charge in [-0.15, -0.1) is 0 Å². The van der Waals surface area contributed by atoms with Crippen LogP contribution in [0, 0.1) is 0 Å². The van der Waals surface area contributed by atoms with Crippen molar-refractivity contribution < 1.29 is 4.74 Å². The van der Waals surface area contributed by atoms with Crippen molar-refractivity contribution in [1.29, 1.82) is 0 Å². The van der Waals surface area contributed by atoms with Gasteiger partial charge in [-0.25, -0.2) is 4.98 Å². The molecule has 0 aliphatic carbocycles. The van der Waals surface area contributed by atoms with E-state index in [-0.39, 0.29) is 6.04 Å². The molecule has 1 fully saturated rings. The molecule has 1 aliphatic rings. The van der Waals surface area contributed by atoms with Crippen molar-refractivity contribution >= 4 is 0 Å². The molecule has 0 amide bonds. The first-order valence-electron chi connectivity index (χ1n) is 8.21. The van der Waals surface area contributed by atoms with E-state index >= 15 is 0 Å². The number of ether oxygens (including phenoxy) is 1. The lowest BCUT2D eigenvalue weighted by Crippen LogP contribution is -2.39. The van der Waals surface area contributed by atoms with E-state index in [9.17, 15) is 0 Å². The molecule has 0 unspecified atom stereocenters. The van der Waals surface area contributed by atoms with Gasteiger partial charge in [0.05, 0.1) is 31.1 Å². The zero-order valence-corrected chi connectivity index (χ0v) is 13.4. The summed E-state index contributed by atoms with van der Waals surface area (Å²) in [5, 5.41) is 0. The van der Waals surface area contributed by atoms with Crippen LogP contribution in [0.1, 0.15) is 17.4 Å². The van der Waals surface area contributed by atoms with Gasteiger partial charge >= 0.3 is 0 Å². The van der Waals surface area contributed by atoms with E-state index in [0.717, 1.165) is 36.8 Å². The zero-order chi connectivity index (χ0) is 16.2. The standard InChI is InChI=1S/C19H20N4O/c1-2-4-16(5-3-1)17-12-21-19(22-17)18-14-24-11-10-23(18)13-15-6-8-20-9-7-15/h1-9,12,18H,10-11,13-14H2,(H,21,22)/t18-/m0/s1. The Morgan fingerprint density at radius 2 is 1.96 bits per heavy atom. The van der Waals surface area contributed by atoms with Crippen molar-refractivity contribution in [3.8, 4) is 11.3 Å². The van der Waals surface area contributed by atoms with E-state index in [4.69, 9.17) is 4.74 Å². The van der Waals surface area contributed by atoms with Crippen molar-refractivity contribution in [3.63, 3.8) is 0 Å². The van der Waals surface area contributed by atoms with Gasteiger partial charge in [0.25, 0.3) is 0 Å². The van der Waals surface area contributed by atoms with Crippen LogP contribution in [0.25, 0.3) is 11.3 Å². The quantitative estimate of drug-likeness (QED) is 0.803. The third-order valence-electron chi connectivity index (χ3n) is 4.37. The van der Waals surface area contributed by atoms with Crippen molar-refractivity contribution in [2.45, 2.75) is 12.6 Å². The van der Waals surface area contributed by atoms with Crippen LogP contribution in [0.2, 0.25) is 0 Å². The van der Waals surface area contributed by atoms with Crippen molar-refractivity contribution in [3.05, 3.63) is 72.4 Å². The summed E-state index contributed by atoms with van der Waals surface area (Å²) in [6.45, 7) is 3.19. The monoisotopic (exact) mass is 320 g/mol. The first-order chi connectivity index (χ1) is 11.9. The molecule has 5 heteroatoms. The Kier molecular flexibility index (Phi) is 4.36. The number of hydrogen-bond donors (Lipinski definition) is 1. The van der Waals surface area contributed by atoms with Crippen LogP contribution in [-0.2, 0) is 11.3 Å². The highest BCUT2D eigenvalue weighted by Gasteiger charge is 2.27. The molecule has 0 saturated carbocycles. The van der Waals surface area contributed by atoms with Gasteiger partial charge in [-0.3, -0.25) is 9.88 Å². The number of aromatic nitrogens is 3. The van der Waals surface area contributed by atoms with Crippen molar-refractivity contribution in [2.24, 2.45) is 0 Å². The molecule has 1 aliphatic heterocycles. The summed E-state index contributed by atoms with van der Waals surface area (Å²) in [4.78, 5) is 14.6. The predicted molar refractivity (Wildman–Crippen MR) is 92.2 cm³/mol. The van der Waals surface area contributed by atoms with Gasteiger partial charge in [0, 0.05) is 25.5 Å². The number of H-pyrrole nitrogens is 1. The topological polar surface area (TPSA) is 54.0 Å². The normalized spacial score (nSPS) is 18.6. The van der Waals surface area contributed by atoms with Gasteiger partial charge in [0.2, 0.25) is 0 Å². The van der Waals surface area contributed by atoms with Gasteiger partial charge in [-0.1, -0.05) is 30.3 Å². The highest BCUT2D eigenvalue weighted by Crippen LogP contribution is 2.26. The van der Waals surface area contributed by atoms with E-state index in [1.54, 1.807) is 0 Å². The summed E-state index contributed by atoms with van der Waals surface area (Å²) in [6.07, 6.45) is 5.58. The summed E-state index contributed by atoms with van der Waals surface area (Å²) in [5.41, 5.74) is 3.44. The Balaban J connectivity index is 1.56. The minimum absolute atomic E-state index is 0.143. The van der Waals surface area contributed by atoms with Crippen LogP contribution < -0.4 is 0 Å². The van der Waals surface area contributed by atoms with E-state index < -0.39 is 0 Å². The summed E-state index contributed by atoms with van der Waals surface area (Å²) in [7, 11) is 0. The minimum Gasteiger partial charge on any atom is -0.378 e. The second-order valence-corrected chi connectivity index (χ2v) is 5.96. The Hall–Kier alpha value is -2.50. The third kappa shape index (κ3) is 3.22. The van der Waals surface area contributed by atoms with Gasteiger partial charge in [-0.05, 0) is 23.3 Å². The molecule has 122 valence electrons. The molecule has 3 heterocycles. The Bertz CT molecular complexity index is 772. The first-order valence-corrected chi connectivity index (χ1v) is 8.21. The number of nitrogens with one attached hydrogen (secondary N) is 1. The number of hydrogen-bond acceptors (Lipinski definition) is 4. The molecule has 24 heavy (non-hydrogen) atoms. The van der Waals surface area contributed by atoms with E-state index in [0.29, 0.717) is 6.61 Å². The molecule has 0 radical (unpaired) electrons. The molecule has 1 atom stereocenters. The number of morpholine rings is 1. The second kappa shape index (κ2) is 6.95. The molecule has 0 bridgehead atoms. The summed E-state index contributed by atoms with van der Waals surface area (Å²) in [6, 6.07) is 14.5. The molecule has 1 aromatic carbocycles. The van der Waals surface area contributed by atoms with Crippen LogP contribution in [0.4, 0.5) is 0 Å². The Morgan fingerprint density at radius 1 is 1.12 bits per heavy atom. The van der Waals surface area contributed by atoms with Gasteiger partial charge < -0.3 is 9.72 Å². The zero-order valence-electron chi connectivity index (χ0n) is 13.4. The SMILES string of the molecule is c1ccc(-c2cnc([C@@H]3COCCN3Cc3ccncc3)[nH]2)cc1. The van der Waals surface area contributed by atoms with Crippen LogP contribution in [0.3, 0.4) is 0 Å². The number of rotatable bonds is 4. The lowest BCUT2D eigenvalue weighted by atomic mass is 10.1. The fourth-order valence-corrected chi connectivity index (χ4v) is 3.07. The number of nitrogens with zero attached hydrogens (tertiary/aromatic N) is 3. The van der Waals surface area contributed by atoms with E-state index in [2.05, 4.69) is 44.1 Å². The predicted octanol–water partition coefficient (Wildman–Crippen LogP) is 3.05. The molecule has 0 spiro atoms. The largest absolute Gasteiger partial charge is 0.378 e. The lowest BCUT2D eigenvalue weighted by Gasteiger charge is -2.34. The smallest absolute Gasteiger partial charge is 0.126 e. The van der Waals surface area contributed by atoms with Gasteiger partial charge in [-0.2, -0.15) is 0 Å². The third-order valence-corrected chi connectivity index (χ3v) is 4.37.